The summed E-state index contributed by atoms with van der Waals surface area (Å²) in [5.74, 6) is 0. The van der Waals surface area contributed by atoms with Crippen LogP contribution in [0.25, 0.3) is 0 Å². The van der Waals surface area contributed by atoms with Crippen LogP contribution < -0.4 is 0 Å². The minimum atomic E-state index is -4.99. The molecule has 0 saturated carbocycles. The van der Waals surface area contributed by atoms with Gasteiger partial charge in [-0.05, 0) is 12.5 Å². The van der Waals surface area contributed by atoms with E-state index >= 15 is 0 Å². The van der Waals surface area contributed by atoms with Crippen LogP contribution in [0.5, 0.6) is 0 Å². The molecule has 0 unspecified atom stereocenters. The van der Waals surface area contributed by atoms with E-state index in [-0.39, 0.29) is 45.5 Å². The number of allylic oxidation sites excluding steroid dienone is 4. The van der Waals surface area contributed by atoms with Crippen molar-refractivity contribution in [2.24, 2.45) is 0 Å². The molecule has 0 aromatic carbocycles. The van der Waals surface area contributed by atoms with Crippen LogP contribution in [0.4, 0.5) is 52.7 Å². The van der Waals surface area contributed by atoms with Crippen LogP contribution in [0.1, 0.15) is 0 Å². The van der Waals surface area contributed by atoms with Crippen LogP contribution in [0.2, 0.25) is 0 Å². The Labute approximate surface area is 197 Å². The Morgan fingerprint density at radius 2 is 0.935 bits per heavy atom. The lowest BCUT2D eigenvalue weighted by Crippen LogP contribution is -2.16. The van der Waals surface area contributed by atoms with Crippen molar-refractivity contribution in [1.82, 2.24) is 0 Å². The first-order valence-electron chi connectivity index (χ1n) is 6.68. The van der Waals surface area contributed by atoms with Gasteiger partial charge in [0.2, 0.25) is 0 Å². The molecular formula is C10H6F12P2S7. The van der Waals surface area contributed by atoms with Crippen LogP contribution >= 0.6 is 77.5 Å². The van der Waals surface area contributed by atoms with Crippen molar-refractivity contribution >= 4 is 89.3 Å². The molecule has 0 bridgehead atoms. The molecule has 0 N–H and O–H groups in total. The van der Waals surface area contributed by atoms with Crippen LogP contribution in [-0.2, 0) is 11.8 Å². The quantitative estimate of drug-likeness (QED) is 0.215. The van der Waals surface area contributed by atoms with Crippen molar-refractivity contribution in [3.05, 3.63) is 19.6 Å². The summed E-state index contributed by atoms with van der Waals surface area (Å²) in [5.41, 5.74) is -1.41. The van der Waals surface area contributed by atoms with E-state index in [1.165, 1.54) is 12.5 Å². The summed E-state index contributed by atoms with van der Waals surface area (Å²) in [6.07, 6.45) is -16.9. The lowest BCUT2D eigenvalue weighted by atomic mass is 10.4. The third-order valence-electron chi connectivity index (χ3n) is 2.55. The van der Waals surface area contributed by atoms with Crippen LogP contribution in [0.15, 0.2) is 19.6 Å². The van der Waals surface area contributed by atoms with E-state index in [0.29, 0.717) is 0 Å². The molecule has 0 nitrogen and oxygen atoms in total. The van der Waals surface area contributed by atoms with Gasteiger partial charge in [0, 0.05) is 0 Å². The summed E-state index contributed by atoms with van der Waals surface area (Å²) in [6, 6.07) is 0. The second kappa shape index (κ2) is 10.8. The zero-order chi connectivity index (χ0) is 24.6. The van der Waals surface area contributed by atoms with Gasteiger partial charge in [0.05, 0.1) is 5.53 Å². The summed E-state index contributed by atoms with van der Waals surface area (Å²) in [6.45, 7) is 0. The molecule has 0 atom stereocenters. The number of hydrogen-bond donors (Lipinski definition) is 0. The summed E-state index contributed by atoms with van der Waals surface area (Å²) in [5, 5.41) is 0. The molecule has 2 aliphatic rings. The Bertz CT molecular complexity index is 723. The fourth-order valence-corrected chi connectivity index (χ4v) is 20.8. The molecule has 0 fully saturated rings. The third-order valence-corrected chi connectivity index (χ3v) is 26.9. The van der Waals surface area contributed by atoms with Gasteiger partial charge in [-0.15, -0.1) is 22.8 Å². The fourth-order valence-electron chi connectivity index (χ4n) is 1.45. The monoisotopic (exact) mass is 640 g/mol. The van der Waals surface area contributed by atoms with E-state index in [0.717, 1.165) is 22.8 Å². The molecule has 2 rings (SSSR count). The summed E-state index contributed by atoms with van der Waals surface area (Å²) >= 11 is 7.56. The summed E-state index contributed by atoms with van der Waals surface area (Å²) in [4.78, 5) is -6.19. The topological polar surface area (TPSA) is 0 Å². The molecule has 0 aliphatic carbocycles. The molecule has 0 radical (unpaired) electrons. The van der Waals surface area contributed by atoms with E-state index in [2.05, 4.69) is 0 Å². The van der Waals surface area contributed by atoms with Crippen LogP contribution in [0.3, 0.4) is 0 Å². The van der Waals surface area contributed by atoms with E-state index in [9.17, 15) is 52.7 Å². The maximum absolute atomic E-state index is 12.4. The minimum Gasteiger partial charge on any atom is -0.166 e. The highest BCUT2D eigenvalue weighted by Crippen LogP contribution is 2.87. The fraction of sp³-hybridized carbons (Fsp3) is 0.600. The zero-order valence-electron chi connectivity index (χ0n) is 14.3. The first-order chi connectivity index (χ1) is 13.7. The second-order valence-electron chi connectivity index (χ2n) is 4.71. The molecule has 0 saturated heterocycles. The molecule has 182 valence electrons. The van der Waals surface area contributed by atoms with Gasteiger partial charge < -0.3 is 0 Å². The van der Waals surface area contributed by atoms with Crippen molar-refractivity contribution in [3.63, 3.8) is 0 Å². The smallest absolute Gasteiger partial charge is 0.166 e. The normalized spacial score (nSPS) is 21.0. The Morgan fingerprint density at radius 3 is 1.13 bits per heavy atom. The standard InChI is InChI=1S/C5H3F6PS4.C5H3F6PS3/c1-14-12(13)15-2(4(6,7)8)3(16-12)5(9,10)11;1-13-12-14-2(4(6,7)8)3(15-12)5(9,10)11/h1H3;1H3. The van der Waals surface area contributed by atoms with Crippen LogP contribution in [-0.4, -0.2) is 37.2 Å². The SMILES string of the molecule is CSP1(=S)SC(C(F)(F)F)=C(C(F)(F)F)S1.CSP1SC(C(F)(F)F)=C(C(F)(F)F)S1. The Balaban J connectivity index is 0.000000311. The minimum absolute atomic E-state index is 0.141. The van der Waals surface area contributed by atoms with Gasteiger partial charge in [0.15, 0.2) is 0 Å². The van der Waals surface area contributed by atoms with Gasteiger partial charge in [-0.3, -0.25) is 0 Å². The van der Waals surface area contributed by atoms with Crippen molar-refractivity contribution in [1.29, 1.82) is 0 Å². The predicted octanol–water partition coefficient (Wildman–Crippen LogP) is 10.8. The van der Waals surface area contributed by atoms with E-state index < -0.39 is 53.5 Å². The van der Waals surface area contributed by atoms with Gasteiger partial charge in [0.25, 0.3) is 0 Å². The average Bonchev–Trinajstić information content (AvgIpc) is 3.16. The molecule has 0 aromatic heterocycles. The highest BCUT2D eigenvalue weighted by atomic mass is 33.5. The molecule has 2 aliphatic heterocycles. The van der Waals surface area contributed by atoms with E-state index in [4.69, 9.17) is 11.8 Å². The molecular weight excluding hydrogens is 635 g/mol. The predicted molar refractivity (Wildman–Crippen MR) is 117 cm³/mol. The average molecular weight is 641 g/mol. The zero-order valence-corrected chi connectivity index (χ0v) is 21.8. The Hall–Kier alpha value is 1.82. The largest absolute Gasteiger partial charge is 0.423 e. The van der Waals surface area contributed by atoms with Gasteiger partial charge in [-0.25, -0.2) is 0 Å². The molecule has 0 aromatic rings. The highest BCUT2D eigenvalue weighted by Gasteiger charge is 2.54. The van der Waals surface area contributed by atoms with Crippen molar-refractivity contribution in [2.75, 3.05) is 12.5 Å². The van der Waals surface area contributed by atoms with Gasteiger partial charge >= 0.3 is 24.7 Å². The van der Waals surface area contributed by atoms with E-state index in [1.54, 1.807) is 0 Å². The maximum atomic E-state index is 12.4. The lowest BCUT2D eigenvalue weighted by Gasteiger charge is -2.10. The molecule has 21 heteroatoms. The molecule has 2 heterocycles. The first kappa shape index (κ1) is 30.9. The molecule has 0 spiro atoms. The number of rotatable bonds is 2. The highest BCUT2D eigenvalue weighted by molar-refractivity contribution is 9.24. The van der Waals surface area contributed by atoms with E-state index in [1.807, 2.05) is 0 Å². The Morgan fingerprint density at radius 1 is 0.645 bits per heavy atom. The Kier molecular flexibility index (Phi) is 10.8. The number of hydrogen-bond acceptors (Lipinski definition) is 7. The van der Waals surface area contributed by atoms with Gasteiger partial charge in [-0.1, -0.05) is 57.3 Å². The molecule has 0 amide bonds. The lowest BCUT2D eigenvalue weighted by molar-refractivity contribution is -0.103. The van der Waals surface area contributed by atoms with Gasteiger partial charge in [0.1, 0.15) is 23.3 Å². The van der Waals surface area contributed by atoms with Crippen LogP contribution in [0, 0.1) is 0 Å². The number of halogens is 12. The number of alkyl halides is 12. The van der Waals surface area contributed by atoms with Crippen molar-refractivity contribution < 1.29 is 52.7 Å². The summed E-state index contributed by atoms with van der Waals surface area (Å²) in [7, 11) is 0. The van der Waals surface area contributed by atoms with Crippen molar-refractivity contribution in [2.45, 2.75) is 24.7 Å². The van der Waals surface area contributed by atoms with Gasteiger partial charge in [-0.2, -0.15) is 52.7 Å². The first-order valence-corrected chi connectivity index (χ1v) is 20.2. The molecule has 31 heavy (non-hydrogen) atoms. The second-order valence-corrected chi connectivity index (χ2v) is 29.6. The van der Waals surface area contributed by atoms with Crippen molar-refractivity contribution in [3.8, 4) is 0 Å². The summed E-state index contributed by atoms with van der Waals surface area (Å²) < 4.78 is 145. The third kappa shape index (κ3) is 8.76. The maximum Gasteiger partial charge on any atom is 0.423 e.